The van der Waals surface area contributed by atoms with Crippen LogP contribution in [0.25, 0.3) is 10.2 Å². The third-order valence-electron chi connectivity index (χ3n) is 4.30. The molecule has 0 atom stereocenters. The van der Waals surface area contributed by atoms with Gasteiger partial charge >= 0.3 is 0 Å². The van der Waals surface area contributed by atoms with Gasteiger partial charge in [-0.25, -0.2) is 9.37 Å². The predicted octanol–water partition coefficient (Wildman–Crippen LogP) is 5.10. The fourth-order valence-corrected chi connectivity index (χ4v) is 4.93. The second kappa shape index (κ2) is 7.40. The number of rotatable bonds is 5. The molecule has 0 saturated heterocycles. The Morgan fingerprint density at radius 3 is 2.69 bits per heavy atom. The van der Waals surface area contributed by atoms with Gasteiger partial charge in [-0.2, -0.15) is 0 Å². The van der Waals surface area contributed by atoms with Crippen LogP contribution >= 0.6 is 23.1 Å². The Bertz CT molecular complexity index is 1020. The quantitative estimate of drug-likeness (QED) is 0.448. The highest BCUT2D eigenvalue weighted by Gasteiger charge is 2.18. The maximum Gasteiger partial charge on any atom is 0.263 e. The molecule has 0 N–H and O–H groups in total. The van der Waals surface area contributed by atoms with Crippen LogP contribution in [0.1, 0.15) is 35.9 Å². The van der Waals surface area contributed by atoms with Gasteiger partial charge in [0.05, 0.1) is 12.5 Å². The molecule has 7 heteroatoms. The summed E-state index contributed by atoms with van der Waals surface area (Å²) in [6.07, 6.45) is 0. The lowest BCUT2D eigenvalue weighted by Gasteiger charge is -2.15. The number of hydrogen-bond donors (Lipinski definition) is 0. The summed E-state index contributed by atoms with van der Waals surface area (Å²) in [5.74, 6) is 0.358. The molecular formula is C19H21FN2O2S2. The highest BCUT2D eigenvalue weighted by atomic mass is 32.2. The number of thioether (sulfide) groups is 1. The zero-order valence-electron chi connectivity index (χ0n) is 15.4. The van der Waals surface area contributed by atoms with E-state index in [1.54, 1.807) is 22.0 Å². The Balaban J connectivity index is 2.00. The molecule has 0 amide bonds. The molecule has 4 nitrogen and oxygen atoms in total. The molecule has 0 fully saturated rings. The lowest BCUT2D eigenvalue weighted by Crippen LogP contribution is -2.24. The van der Waals surface area contributed by atoms with Gasteiger partial charge in [-0.1, -0.05) is 17.8 Å². The fraction of sp³-hybridized carbons (Fsp3) is 0.368. The minimum Gasteiger partial charge on any atom is -0.494 e. The zero-order valence-corrected chi connectivity index (χ0v) is 17.1. The maximum atomic E-state index is 13.9. The molecule has 2 aromatic heterocycles. The Kier molecular flexibility index (Phi) is 5.39. The first-order valence-corrected chi connectivity index (χ1v) is 10.1. The summed E-state index contributed by atoms with van der Waals surface area (Å²) in [5, 5.41) is 1.37. The van der Waals surface area contributed by atoms with Crippen LogP contribution in [0.4, 0.5) is 4.39 Å². The predicted molar refractivity (Wildman–Crippen MR) is 106 cm³/mol. The number of aromatic nitrogens is 2. The normalized spacial score (nSPS) is 11.5. The van der Waals surface area contributed by atoms with E-state index in [1.165, 1.54) is 24.9 Å². The smallest absolute Gasteiger partial charge is 0.263 e. The fourth-order valence-electron chi connectivity index (χ4n) is 2.79. The molecule has 3 aromatic rings. The average molecular weight is 393 g/mol. The van der Waals surface area contributed by atoms with Gasteiger partial charge in [0.2, 0.25) is 0 Å². The van der Waals surface area contributed by atoms with Crippen LogP contribution in [0, 0.1) is 19.7 Å². The molecule has 3 rings (SSSR count). The van der Waals surface area contributed by atoms with E-state index in [9.17, 15) is 9.18 Å². The third kappa shape index (κ3) is 3.38. The van der Waals surface area contributed by atoms with Crippen molar-refractivity contribution in [3.05, 3.63) is 50.4 Å². The van der Waals surface area contributed by atoms with Crippen molar-refractivity contribution >= 4 is 33.3 Å². The van der Waals surface area contributed by atoms with Crippen molar-refractivity contribution in [2.45, 2.75) is 44.6 Å². The average Bonchev–Trinajstić information content (AvgIpc) is 2.87. The number of halogens is 1. The van der Waals surface area contributed by atoms with Crippen LogP contribution in [-0.4, -0.2) is 16.7 Å². The number of hydrogen-bond acceptors (Lipinski definition) is 5. The first-order valence-electron chi connectivity index (χ1n) is 8.31. The van der Waals surface area contributed by atoms with Crippen LogP contribution in [0.5, 0.6) is 5.75 Å². The van der Waals surface area contributed by atoms with E-state index < -0.39 is 0 Å². The largest absolute Gasteiger partial charge is 0.494 e. The molecular weight excluding hydrogens is 371 g/mol. The van der Waals surface area contributed by atoms with Gasteiger partial charge in [-0.05, 0) is 51.0 Å². The number of fused-ring (bicyclic) bond motifs is 1. The number of aryl methyl sites for hydroxylation is 2. The standard InChI is InChI=1S/C19H21FN2O2S2/c1-10(2)22-18(23)16-11(3)12(4)26-17(16)21-19(22)25-9-13-6-7-15(24-5)14(20)8-13/h6-8,10H,9H2,1-5H3. The van der Waals surface area contributed by atoms with Crippen molar-refractivity contribution < 1.29 is 9.13 Å². The van der Waals surface area contributed by atoms with Gasteiger partial charge in [0.1, 0.15) is 4.83 Å². The first-order chi connectivity index (χ1) is 12.3. The summed E-state index contributed by atoms with van der Waals surface area (Å²) >= 11 is 2.99. The highest BCUT2D eigenvalue weighted by Crippen LogP contribution is 2.31. The zero-order chi connectivity index (χ0) is 19.0. The van der Waals surface area contributed by atoms with E-state index in [0.717, 1.165) is 20.8 Å². The topological polar surface area (TPSA) is 44.1 Å². The molecule has 26 heavy (non-hydrogen) atoms. The number of nitrogens with zero attached hydrogens (tertiary/aromatic N) is 2. The summed E-state index contributed by atoms with van der Waals surface area (Å²) in [6, 6.07) is 4.89. The second-order valence-corrected chi connectivity index (χ2v) is 8.53. The molecule has 138 valence electrons. The lowest BCUT2D eigenvalue weighted by atomic mass is 10.2. The van der Waals surface area contributed by atoms with Crippen LogP contribution in [0.2, 0.25) is 0 Å². The third-order valence-corrected chi connectivity index (χ3v) is 6.43. The number of methoxy groups -OCH3 is 1. The molecule has 0 bridgehead atoms. The Morgan fingerprint density at radius 2 is 2.08 bits per heavy atom. The molecule has 0 aliphatic heterocycles. The van der Waals surface area contributed by atoms with Crippen LogP contribution < -0.4 is 10.3 Å². The Hall–Kier alpha value is -1.86. The number of benzene rings is 1. The van der Waals surface area contributed by atoms with Gasteiger partial charge in [-0.15, -0.1) is 11.3 Å². The molecule has 0 unspecified atom stereocenters. The van der Waals surface area contributed by atoms with E-state index >= 15 is 0 Å². The van der Waals surface area contributed by atoms with Crippen molar-refractivity contribution in [1.82, 2.24) is 9.55 Å². The summed E-state index contributed by atoms with van der Waals surface area (Å²) in [4.78, 5) is 19.6. The van der Waals surface area contributed by atoms with E-state index in [1.807, 2.05) is 33.8 Å². The van der Waals surface area contributed by atoms with Crippen molar-refractivity contribution in [3.63, 3.8) is 0 Å². The number of ether oxygens (including phenoxy) is 1. The van der Waals surface area contributed by atoms with Gasteiger partial charge < -0.3 is 4.74 Å². The Morgan fingerprint density at radius 1 is 1.35 bits per heavy atom. The molecule has 1 aromatic carbocycles. The SMILES string of the molecule is COc1ccc(CSc2nc3sc(C)c(C)c3c(=O)n2C(C)C)cc1F. The van der Waals surface area contributed by atoms with Gasteiger partial charge in [0.15, 0.2) is 16.7 Å². The minimum atomic E-state index is -0.389. The van der Waals surface area contributed by atoms with Crippen LogP contribution in [-0.2, 0) is 5.75 Å². The summed E-state index contributed by atoms with van der Waals surface area (Å²) in [7, 11) is 1.44. The van der Waals surface area contributed by atoms with E-state index in [0.29, 0.717) is 16.3 Å². The summed E-state index contributed by atoms with van der Waals surface area (Å²) in [5.41, 5.74) is 1.82. The molecule has 0 saturated carbocycles. The first kappa shape index (κ1) is 18.9. The number of thiophene rings is 1. The van der Waals surface area contributed by atoms with Gasteiger partial charge in [-0.3, -0.25) is 9.36 Å². The molecule has 0 radical (unpaired) electrons. The minimum absolute atomic E-state index is 0.00439. The molecule has 2 heterocycles. The Labute approximate surface area is 160 Å². The van der Waals surface area contributed by atoms with Crippen molar-refractivity contribution in [3.8, 4) is 5.75 Å². The van der Waals surface area contributed by atoms with Crippen molar-refractivity contribution in [2.75, 3.05) is 7.11 Å². The molecule has 0 aliphatic rings. The second-order valence-electron chi connectivity index (χ2n) is 6.38. The lowest BCUT2D eigenvalue weighted by molar-refractivity contribution is 0.386. The van der Waals surface area contributed by atoms with Crippen molar-refractivity contribution in [1.29, 1.82) is 0 Å². The highest BCUT2D eigenvalue weighted by molar-refractivity contribution is 7.98. The van der Waals surface area contributed by atoms with Gasteiger partial charge in [0.25, 0.3) is 5.56 Å². The molecule has 0 aliphatic carbocycles. The summed E-state index contributed by atoms with van der Waals surface area (Å²) < 4.78 is 20.6. The van der Waals surface area contributed by atoms with Crippen LogP contribution in [0.15, 0.2) is 28.2 Å². The van der Waals surface area contributed by atoms with Crippen molar-refractivity contribution in [2.24, 2.45) is 0 Å². The van der Waals surface area contributed by atoms with Gasteiger partial charge in [0, 0.05) is 16.7 Å². The molecule has 0 spiro atoms. The maximum absolute atomic E-state index is 13.9. The van der Waals surface area contributed by atoms with Crippen LogP contribution in [0.3, 0.4) is 0 Å². The van der Waals surface area contributed by atoms with E-state index in [-0.39, 0.29) is 23.2 Å². The van der Waals surface area contributed by atoms with E-state index in [4.69, 9.17) is 9.72 Å². The van der Waals surface area contributed by atoms with E-state index in [2.05, 4.69) is 0 Å². The summed E-state index contributed by atoms with van der Waals surface area (Å²) in [6.45, 7) is 7.92. The monoisotopic (exact) mass is 392 g/mol.